The Hall–Kier alpha value is -2.38. The van der Waals surface area contributed by atoms with Gasteiger partial charge in [-0.3, -0.25) is 10.1 Å². The fourth-order valence-corrected chi connectivity index (χ4v) is 3.68. The Kier molecular flexibility index (Phi) is 5.35. The number of halogens is 1. The van der Waals surface area contributed by atoms with Crippen LogP contribution in [0.2, 0.25) is 5.02 Å². The van der Waals surface area contributed by atoms with E-state index in [0.717, 1.165) is 16.1 Å². The lowest BCUT2D eigenvalue weighted by molar-refractivity contribution is -0.111. The second-order valence-electron chi connectivity index (χ2n) is 5.37. The first-order valence-electron chi connectivity index (χ1n) is 7.62. The number of amides is 2. The highest BCUT2D eigenvalue weighted by Crippen LogP contribution is 2.28. The normalized spacial score (nSPS) is 13.6. The standard InChI is InChI=1S/C17H16ClN3O3S/c1-24-17(23)21-9-8-13-14(10-21)25-16(19-13)20-15(22)7-6-11-4-2-3-5-12(11)18/h2-7H,8-10H2,1H3,(H,19,20,22)/b7-6+. The van der Waals surface area contributed by atoms with Gasteiger partial charge in [-0.1, -0.05) is 41.1 Å². The van der Waals surface area contributed by atoms with Crippen molar-refractivity contribution in [3.05, 3.63) is 51.5 Å². The van der Waals surface area contributed by atoms with Gasteiger partial charge in [-0.05, 0) is 17.7 Å². The fraction of sp³-hybridized carbons (Fsp3) is 0.235. The van der Waals surface area contributed by atoms with Gasteiger partial charge in [-0.15, -0.1) is 0 Å². The van der Waals surface area contributed by atoms with Crippen LogP contribution < -0.4 is 5.32 Å². The molecule has 130 valence electrons. The first-order chi connectivity index (χ1) is 12.1. The summed E-state index contributed by atoms with van der Waals surface area (Å²) in [5.41, 5.74) is 1.68. The van der Waals surface area contributed by atoms with Crippen molar-refractivity contribution >= 4 is 46.1 Å². The van der Waals surface area contributed by atoms with Gasteiger partial charge in [0.15, 0.2) is 5.13 Å². The van der Waals surface area contributed by atoms with Crippen molar-refractivity contribution < 1.29 is 14.3 Å². The zero-order chi connectivity index (χ0) is 17.8. The van der Waals surface area contributed by atoms with Crippen LogP contribution >= 0.6 is 22.9 Å². The Morgan fingerprint density at radius 1 is 1.40 bits per heavy atom. The van der Waals surface area contributed by atoms with E-state index in [-0.39, 0.29) is 12.0 Å². The van der Waals surface area contributed by atoms with Gasteiger partial charge < -0.3 is 9.64 Å². The molecule has 2 heterocycles. The maximum absolute atomic E-state index is 12.1. The lowest BCUT2D eigenvalue weighted by atomic mass is 10.2. The molecule has 25 heavy (non-hydrogen) atoms. The van der Waals surface area contributed by atoms with E-state index < -0.39 is 0 Å². The quantitative estimate of drug-likeness (QED) is 0.830. The van der Waals surface area contributed by atoms with Crippen LogP contribution in [0.5, 0.6) is 0 Å². The summed E-state index contributed by atoms with van der Waals surface area (Å²) in [5, 5.41) is 3.85. The largest absolute Gasteiger partial charge is 0.453 e. The molecule has 1 aliphatic heterocycles. The Morgan fingerprint density at radius 2 is 2.20 bits per heavy atom. The number of ether oxygens (including phenoxy) is 1. The molecule has 1 N–H and O–H groups in total. The molecule has 0 bridgehead atoms. The average molecular weight is 378 g/mol. The Labute approximate surface area is 154 Å². The van der Waals surface area contributed by atoms with Crippen molar-refractivity contribution in [2.75, 3.05) is 19.0 Å². The Balaban J connectivity index is 1.65. The highest BCUT2D eigenvalue weighted by molar-refractivity contribution is 7.15. The number of nitrogens with zero attached hydrogens (tertiary/aromatic N) is 2. The highest BCUT2D eigenvalue weighted by Gasteiger charge is 2.24. The summed E-state index contributed by atoms with van der Waals surface area (Å²) in [7, 11) is 1.36. The number of benzene rings is 1. The second kappa shape index (κ2) is 7.67. The SMILES string of the molecule is COC(=O)N1CCc2nc(NC(=O)/C=C/c3ccccc3Cl)sc2C1. The van der Waals surface area contributed by atoms with E-state index in [1.807, 2.05) is 18.2 Å². The molecule has 0 radical (unpaired) electrons. The molecule has 0 aliphatic carbocycles. The van der Waals surface area contributed by atoms with Crippen molar-refractivity contribution in [3.8, 4) is 0 Å². The third-order valence-corrected chi connectivity index (χ3v) is 5.06. The number of hydrogen-bond donors (Lipinski definition) is 1. The van der Waals surface area contributed by atoms with E-state index in [1.54, 1.807) is 17.0 Å². The lowest BCUT2D eigenvalue weighted by Gasteiger charge is -2.24. The molecule has 2 amide bonds. The number of rotatable bonds is 3. The number of hydrogen-bond acceptors (Lipinski definition) is 5. The van der Waals surface area contributed by atoms with Crippen LogP contribution in [0.3, 0.4) is 0 Å². The van der Waals surface area contributed by atoms with Crippen molar-refractivity contribution in [3.63, 3.8) is 0 Å². The van der Waals surface area contributed by atoms with E-state index in [0.29, 0.717) is 29.7 Å². The van der Waals surface area contributed by atoms with Crippen molar-refractivity contribution in [2.24, 2.45) is 0 Å². The molecule has 1 aromatic carbocycles. The van der Waals surface area contributed by atoms with Crippen molar-refractivity contribution in [1.82, 2.24) is 9.88 Å². The second-order valence-corrected chi connectivity index (χ2v) is 6.87. The predicted molar refractivity (Wildman–Crippen MR) is 97.7 cm³/mol. The minimum Gasteiger partial charge on any atom is -0.453 e. The third-order valence-electron chi connectivity index (χ3n) is 3.71. The number of carbonyl (C=O) groups is 2. The Bertz CT molecular complexity index is 834. The number of carbonyl (C=O) groups excluding carboxylic acids is 2. The van der Waals surface area contributed by atoms with Crippen LogP contribution in [0.4, 0.5) is 9.93 Å². The number of nitrogens with one attached hydrogen (secondary N) is 1. The number of aromatic nitrogens is 1. The van der Waals surface area contributed by atoms with Crippen LogP contribution in [0.1, 0.15) is 16.1 Å². The third kappa shape index (κ3) is 4.18. The van der Waals surface area contributed by atoms with Gasteiger partial charge in [0, 0.05) is 28.9 Å². The van der Waals surface area contributed by atoms with Crippen LogP contribution in [-0.4, -0.2) is 35.5 Å². The molecular formula is C17H16ClN3O3S. The maximum atomic E-state index is 12.1. The molecule has 0 saturated heterocycles. The topological polar surface area (TPSA) is 71.5 Å². The van der Waals surface area contributed by atoms with Gasteiger partial charge in [0.25, 0.3) is 0 Å². The molecule has 0 fully saturated rings. The number of methoxy groups -OCH3 is 1. The maximum Gasteiger partial charge on any atom is 0.409 e. The van der Waals surface area contributed by atoms with Gasteiger partial charge in [0.1, 0.15) is 0 Å². The number of anilines is 1. The van der Waals surface area contributed by atoms with Crippen LogP contribution in [0.15, 0.2) is 30.3 Å². The zero-order valence-electron chi connectivity index (χ0n) is 13.5. The van der Waals surface area contributed by atoms with Crippen LogP contribution in [0, 0.1) is 0 Å². The molecule has 0 spiro atoms. The number of fused-ring (bicyclic) bond motifs is 1. The zero-order valence-corrected chi connectivity index (χ0v) is 15.1. The smallest absolute Gasteiger partial charge is 0.409 e. The Morgan fingerprint density at radius 3 is 2.96 bits per heavy atom. The van der Waals surface area contributed by atoms with Crippen molar-refractivity contribution in [1.29, 1.82) is 0 Å². The molecule has 1 aromatic heterocycles. The van der Waals surface area contributed by atoms with Gasteiger partial charge >= 0.3 is 6.09 Å². The van der Waals surface area contributed by atoms with Gasteiger partial charge in [0.05, 0.1) is 19.3 Å². The molecule has 3 rings (SSSR count). The molecule has 8 heteroatoms. The minimum absolute atomic E-state index is 0.282. The summed E-state index contributed by atoms with van der Waals surface area (Å²) in [6.07, 6.45) is 3.37. The van der Waals surface area contributed by atoms with E-state index in [2.05, 4.69) is 10.3 Å². The summed E-state index contributed by atoms with van der Waals surface area (Å²) in [5.74, 6) is -0.282. The highest BCUT2D eigenvalue weighted by atomic mass is 35.5. The van der Waals surface area contributed by atoms with Gasteiger partial charge in [-0.2, -0.15) is 0 Å². The first kappa shape index (κ1) is 17.4. The molecular weight excluding hydrogens is 362 g/mol. The van der Waals surface area contributed by atoms with Crippen molar-refractivity contribution in [2.45, 2.75) is 13.0 Å². The van der Waals surface area contributed by atoms with E-state index in [1.165, 1.54) is 24.5 Å². The monoisotopic (exact) mass is 377 g/mol. The minimum atomic E-state index is -0.354. The molecule has 2 aromatic rings. The van der Waals surface area contributed by atoms with E-state index >= 15 is 0 Å². The van der Waals surface area contributed by atoms with E-state index in [4.69, 9.17) is 16.3 Å². The first-order valence-corrected chi connectivity index (χ1v) is 8.81. The van der Waals surface area contributed by atoms with E-state index in [9.17, 15) is 9.59 Å². The molecule has 0 unspecified atom stereocenters. The predicted octanol–water partition coefficient (Wildman–Crippen LogP) is 3.57. The fourth-order valence-electron chi connectivity index (χ4n) is 2.46. The number of thiazole rings is 1. The summed E-state index contributed by atoms with van der Waals surface area (Å²) in [6.45, 7) is 1.01. The van der Waals surface area contributed by atoms with Gasteiger partial charge in [-0.25, -0.2) is 9.78 Å². The van der Waals surface area contributed by atoms with Gasteiger partial charge in [0.2, 0.25) is 5.91 Å². The summed E-state index contributed by atoms with van der Waals surface area (Å²) in [6, 6.07) is 7.28. The molecule has 6 nitrogen and oxygen atoms in total. The lowest BCUT2D eigenvalue weighted by Crippen LogP contribution is -2.35. The summed E-state index contributed by atoms with van der Waals surface area (Å²) in [4.78, 5) is 30.7. The summed E-state index contributed by atoms with van der Waals surface area (Å²) >= 11 is 7.42. The molecule has 0 saturated carbocycles. The van der Waals surface area contributed by atoms with Crippen LogP contribution in [0.25, 0.3) is 6.08 Å². The molecule has 0 atom stereocenters. The van der Waals surface area contributed by atoms with Crippen LogP contribution in [-0.2, 0) is 22.5 Å². The summed E-state index contributed by atoms with van der Waals surface area (Å²) < 4.78 is 4.74. The average Bonchev–Trinajstić information content (AvgIpc) is 3.01. The molecule has 1 aliphatic rings.